The summed E-state index contributed by atoms with van der Waals surface area (Å²) in [6, 6.07) is 9.59. The smallest absolute Gasteiger partial charge is 0.311 e. The van der Waals surface area contributed by atoms with Crippen LogP contribution in [0.15, 0.2) is 30.3 Å². The predicted octanol–water partition coefficient (Wildman–Crippen LogP) is 2.08. The molecule has 1 aliphatic carbocycles. The first kappa shape index (κ1) is 15.3. The molecule has 1 aliphatic rings. The van der Waals surface area contributed by atoms with Crippen molar-refractivity contribution in [1.82, 2.24) is 15.1 Å². The number of hydrogen-bond acceptors (Lipinski definition) is 3. The zero-order chi connectivity index (χ0) is 16.6. The molecule has 0 atom stereocenters. The highest BCUT2D eigenvalue weighted by Gasteiger charge is 2.50. The van der Waals surface area contributed by atoms with E-state index in [9.17, 15) is 14.7 Å². The van der Waals surface area contributed by atoms with E-state index in [0.717, 1.165) is 11.4 Å². The van der Waals surface area contributed by atoms with E-state index in [1.807, 2.05) is 37.3 Å². The predicted molar refractivity (Wildman–Crippen MR) is 84.7 cm³/mol. The standard InChI is InChI=1S/C17H19N3O3/c1-11-14(15(21)18-10-17(8-9-17)16(22)23)12(2)20(19-11)13-6-4-3-5-7-13/h3-7H,8-10H2,1-2H3,(H,18,21)(H,22,23). The summed E-state index contributed by atoms with van der Waals surface area (Å²) in [6.07, 6.45) is 1.23. The topological polar surface area (TPSA) is 84.2 Å². The minimum atomic E-state index is -0.841. The maximum atomic E-state index is 12.5. The van der Waals surface area contributed by atoms with Gasteiger partial charge in [0.25, 0.3) is 5.91 Å². The molecule has 0 spiro atoms. The lowest BCUT2D eigenvalue weighted by atomic mass is 10.1. The number of amides is 1. The third kappa shape index (κ3) is 2.72. The second-order valence-corrected chi connectivity index (χ2v) is 6.06. The molecule has 1 heterocycles. The molecule has 0 radical (unpaired) electrons. The number of carbonyl (C=O) groups excluding carboxylic acids is 1. The Morgan fingerprint density at radius 3 is 2.48 bits per heavy atom. The van der Waals surface area contributed by atoms with E-state index < -0.39 is 11.4 Å². The average molecular weight is 313 g/mol. The molecule has 2 aromatic rings. The molecule has 1 saturated carbocycles. The highest BCUT2D eigenvalue weighted by atomic mass is 16.4. The summed E-state index contributed by atoms with van der Waals surface area (Å²) in [5.41, 5.74) is 1.99. The number of benzene rings is 1. The number of para-hydroxylation sites is 1. The second kappa shape index (κ2) is 5.53. The van der Waals surface area contributed by atoms with Crippen LogP contribution in [0.4, 0.5) is 0 Å². The zero-order valence-corrected chi connectivity index (χ0v) is 13.2. The lowest BCUT2D eigenvalue weighted by Gasteiger charge is -2.11. The lowest BCUT2D eigenvalue weighted by Crippen LogP contribution is -2.34. The first-order chi connectivity index (χ1) is 10.9. The van der Waals surface area contributed by atoms with E-state index in [2.05, 4.69) is 10.4 Å². The van der Waals surface area contributed by atoms with Gasteiger partial charge in [-0.3, -0.25) is 9.59 Å². The van der Waals surface area contributed by atoms with Crippen molar-refractivity contribution in [1.29, 1.82) is 0 Å². The van der Waals surface area contributed by atoms with Gasteiger partial charge in [0.15, 0.2) is 0 Å². The Kier molecular flexibility index (Phi) is 3.67. The van der Waals surface area contributed by atoms with Crippen LogP contribution < -0.4 is 5.32 Å². The van der Waals surface area contributed by atoms with Gasteiger partial charge in [-0.15, -0.1) is 0 Å². The zero-order valence-electron chi connectivity index (χ0n) is 13.2. The van der Waals surface area contributed by atoms with Crippen LogP contribution in [0.25, 0.3) is 5.69 Å². The minimum Gasteiger partial charge on any atom is -0.481 e. The van der Waals surface area contributed by atoms with E-state index in [0.29, 0.717) is 24.1 Å². The first-order valence-electron chi connectivity index (χ1n) is 7.58. The Balaban J connectivity index is 1.82. The van der Waals surface area contributed by atoms with Gasteiger partial charge in [-0.1, -0.05) is 18.2 Å². The van der Waals surface area contributed by atoms with Crippen molar-refractivity contribution in [3.8, 4) is 5.69 Å². The Bertz CT molecular complexity index is 761. The van der Waals surface area contributed by atoms with Crippen LogP contribution in [0.1, 0.15) is 34.6 Å². The summed E-state index contributed by atoms with van der Waals surface area (Å²) in [4.78, 5) is 23.7. The molecular formula is C17H19N3O3. The van der Waals surface area contributed by atoms with E-state index in [1.165, 1.54) is 0 Å². The van der Waals surface area contributed by atoms with Gasteiger partial charge in [0.2, 0.25) is 0 Å². The van der Waals surface area contributed by atoms with Gasteiger partial charge >= 0.3 is 5.97 Å². The van der Waals surface area contributed by atoms with Crippen LogP contribution in [0.3, 0.4) is 0 Å². The summed E-state index contributed by atoms with van der Waals surface area (Å²) in [7, 11) is 0. The Morgan fingerprint density at radius 1 is 1.26 bits per heavy atom. The van der Waals surface area contributed by atoms with Crippen LogP contribution in [0.2, 0.25) is 0 Å². The summed E-state index contributed by atoms with van der Waals surface area (Å²) >= 11 is 0. The maximum absolute atomic E-state index is 12.5. The molecule has 1 aromatic heterocycles. The molecule has 0 saturated heterocycles. The van der Waals surface area contributed by atoms with E-state index in [1.54, 1.807) is 11.6 Å². The summed E-state index contributed by atoms with van der Waals surface area (Å²) < 4.78 is 1.73. The highest BCUT2D eigenvalue weighted by molar-refractivity contribution is 5.97. The molecular weight excluding hydrogens is 294 g/mol. The van der Waals surface area contributed by atoms with Crippen molar-refractivity contribution in [2.45, 2.75) is 26.7 Å². The lowest BCUT2D eigenvalue weighted by molar-refractivity contribution is -0.143. The molecule has 120 valence electrons. The Hall–Kier alpha value is -2.63. The molecule has 3 rings (SSSR count). The molecule has 6 heteroatoms. The quantitative estimate of drug-likeness (QED) is 0.885. The monoisotopic (exact) mass is 313 g/mol. The summed E-state index contributed by atoms with van der Waals surface area (Å²) in [5.74, 6) is -1.11. The van der Waals surface area contributed by atoms with Crippen LogP contribution in [-0.4, -0.2) is 33.3 Å². The second-order valence-electron chi connectivity index (χ2n) is 6.06. The van der Waals surface area contributed by atoms with Gasteiger partial charge in [0.05, 0.1) is 28.1 Å². The number of aryl methyl sites for hydroxylation is 1. The van der Waals surface area contributed by atoms with Crippen molar-refractivity contribution in [3.63, 3.8) is 0 Å². The molecule has 1 fully saturated rings. The molecule has 2 N–H and O–H groups in total. The molecule has 1 aromatic carbocycles. The van der Waals surface area contributed by atoms with E-state index >= 15 is 0 Å². The average Bonchev–Trinajstić information content (AvgIpc) is 3.27. The fourth-order valence-corrected chi connectivity index (χ4v) is 2.75. The van der Waals surface area contributed by atoms with Gasteiger partial charge in [0.1, 0.15) is 0 Å². The van der Waals surface area contributed by atoms with Crippen molar-refractivity contribution < 1.29 is 14.7 Å². The molecule has 0 aliphatic heterocycles. The molecule has 23 heavy (non-hydrogen) atoms. The minimum absolute atomic E-state index is 0.163. The van der Waals surface area contributed by atoms with Crippen LogP contribution in [0.5, 0.6) is 0 Å². The molecule has 1 amide bonds. The van der Waals surface area contributed by atoms with Gasteiger partial charge in [-0.25, -0.2) is 4.68 Å². The fraction of sp³-hybridized carbons (Fsp3) is 0.353. The summed E-state index contributed by atoms with van der Waals surface area (Å²) in [6.45, 7) is 3.79. The Labute approximate surface area is 134 Å². The Morgan fingerprint density at radius 2 is 1.91 bits per heavy atom. The fourth-order valence-electron chi connectivity index (χ4n) is 2.75. The number of rotatable bonds is 5. The molecule has 6 nitrogen and oxygen atoms in total. The van der Waals surface area contributed by atoms with Gasteiger partial charge < -0.3 is 10.4 Å². The van der Waals surface area contributed by atoms with Gasteiger partial charge in [-0.05, 0) is 38.8 Å². The number of carboxylic acid groups (broad SMARTS) is 1. The van der Waals surface area contributed by atoms with Crippen LogP contribution >= 0.6 is 0 Å². The van der Waals surface area contributed by atoms with Crippen molar-refractivity contribution in [2.24, 2.45) is 5.41 Å². The molecule has 0 unspecified atom stereocenters. The first-order valence-corrected chi connectivity index (χ1v) is 7.58. The largest absolute Gasteiger partial charge is 0.481 e. The number of aliphatic carboxylic acids is 1. The van der Waals surface area contributed by atoms with Crippen molar-refractivity contribution >= 4 is 11.9 Å². The van der Waals surface area contributed by atoms with Crippen molar-refractivity contribution in [2.75, 3.05) is 6.54 Å². The van der Waals surface area contributed by atoms with Gasteiger partial charge in [0, 0.05) is 6.54 Å². The summed E-state index contributed by atoms with van der Waals surface area (Å²) in [5, 5.41) is 16.4. The SMILES string of the molecule is Cc1nn(-c2ccccc2)c(C)c1C(=O)NCC1(C(=O)O)CC1. The normalized spacial score (nSPS) is 15.2. The third-order valence-electron chi connectivity index (χ3n) is 4.41. The number of nitrogens with one attached hydrogen (secondary N) is 1. The van der Waals surface area contributed by atoms with Crippen LogP contribution in [-0.2, 0) is 4.79 Å². The van der Waals surface area contributed by atoms with E-state index in [-0.39, 0.29) is 12.5 Å². The number of carboxylic acids is 1. The number of aromatic nitrogens is 2. The molecule has 0 bridgehead atoms. The van der Waals surface area contributed by atoms with E-state index in [4.69, 9.17) is 0 Å². The number of nitrogens with zero attached hydrogens (tertiary/aromatic N) is 2. The number of carbonyl (C=O) groups is 2. The van der Waals surface area contributed by atoms with Crippen molar-refractivity contribution in [3.05, 3.63) is 47.3 Å². The third-order valence-corrected chi connectivity index (χ3v) is 4.41. The van der Waals surface area contributed by atoms with Crippen LogP contribution in [0, 0.1) is 19.3 Å². The number of hydrogen-bond donors (Lipinski definition) is 2. The highest BCUT2D eigenvalue weighted by Crippen LogP contribution is 2.45. The van der Waals surface area contributed by atoms with Gasteiger partial charge in [-0.2, -0.15) is 5.10 Å². The maximum Gasteiger partial charge on any atom is 0.311 e.